The first-order valence-electron chi connectivity index (χ1n) is 7.87. The molecule has 3 heteroatoms. The second-order valence-electron chi connectivity index (χ2n) is 6.67. The van der Waals surface area contributed by atoms with Crippen LogP contribution >= 0.6 is 0 Å². The largest absolute Gasteiger partial charge is 0.349 e. The number of amides is 1. The summed E-state index contributed by atoms with van der Waals surface area (Å²) in [6.45, 7) is 2.16. The predicted molar refractivity (Wildman–Crippen MR) is 78.3 cm³/mol. The first-order valence-corrected chi connectivity index (χ1v) is 7.87. The molecule has 1 spiro atoms. The van der Waals surface area contributed by atoms with Crippen molar-refractivity contribution >= 4 is 5.91 Å². The van der Waals surface area contributed by atoms with Gasteiger partial charge in [0.15, 0.2) is 0 Å². The molecule has 1 amide bonds. The zero-order chi connectivity index (χ0) is 13.6. The fourth-order valence-corrected chi connectivity index (χ4v) is 4.18. The molecular formula is C17H22N2O. The topological polar surface area (TPSA) is 41.1 Å². The average Bonchev–Trinajstić information content (AvgIpc) is 3.02. The Labute approximate surface area is 120 Å². The highest BCUT2D eigenvalue weighted by Crippen LogP contribution is 2.58. The molecule has 1 aromatic carbocycles. The predicted octanol–water partition coefficient (Wildman–Crippen LogP) is 2.18. The number of fused-ring (bicyclic) bond motifs is 1. The molecule has 2 atom stereocenters. The number of nitrogens with one attached hydrogen (secondary N) is 2. The summed E-state index contributed by atoms with van der Waals surface area (Å²) < 4.78 is 0. The van der Waals surface area contributed by atoms with Gasteiger partial charge >= 0.3 is 0 Å². The Hall–Kier alpha value is -1.35. The number of rotatable bonds is 2. The van der Waals surface area contributed by atoms with Gasteiger partial charge in [0.1, 0.15) is 0 Å². The van der Waals surface area contributed by atoms with Crippen molar-refractivity contribution in [2.45, 2.75) is 38.1 Å². The lowest BCUT2D eigenvalue weighted by atomic mass is 9.91. The van der Waals surface area contributed by atoms with Crippen LogP contribution in [0.15, 0.2) is 24.3 Å². The van der Waals surface area contributed by atoms with Crippen LogP contribution in [0.3, 0.4) is 0 Å². The van der Waals surface area contributed by atoms with Gasteiger partial charge in [-0.15, -0.1) is 0 Å². The molecule has 2 aliphatic carbocycles. The number of hydrogen-bond acceptors (Lipinski definition) is 2. The van der Waals surface area contributed by atoms with Crippen LogP contribution < -0.4 is 10.6 Å². The molecule has 2 fully saturated rings. The molecule has 0 aromatic heterocycles. The van der Waals surface area contributed by atoms with E-state index in [-0.39, 0.29) is 12.0 Å². The molecule has 1 heterocycles. The van der Waals surface area contributed by atoms with Gasteiger partial charge in [-0.1, -0.05) is 24.3 Å². The van der Waals surface area contributed by atoms with E-state index in [1.54, 1.807) is 0 Å². The minimum atomic E-state index is 0.248. The molecule has 2 N–H and O–H groups in total. The number of hydrogen-bond donors (Lipinski definition) is 2. The van der Waals surface area contributed by atoms with E-state index < -0.39 is 0 Å². The summed E-state index contributed by atoms with van der Waals surface area (Å²) >= 11 is 0. The van der Waals surface area contributed by atoms with Crippen LogP contribution in [0.2, 0.25) is 0 Å². The quantitative estimate of drug-likeness (QED) is 0.865. The van der Waals surface area contributed by atoms with Gasteiger partial charge in [0.25, 0.3) is 0 Å². The minimum absolute atomic E-state index is 0.248. The molecule has 4 rings (SSSR count). The Balaban J connectivity index is 1.42. The molecule has 3 nitrogen and oxygen atoms in total. The summed E-state index contributed by atoms with van der Waals surface area (Å²) in [5.74, 6) is 0.575. The second-order valence-corrected chi connectivity index (χ2v) is 6.67. The van der Waals surface area contributed by atoms with Gasteiger partial charge in [-0.2, -0.15) is 0 Å². The average molecular weight is 270 g/mol. The van der Waals surface area contributed by atoms with Crippen molar-refractivity contribution in [3.05, 3.63) is 35.4 Å². The van der Waals surface area contributed by atoms with Crippen molar-refractivity contribution in [2.24, 2.45) is 11.3 Å². The van der Waals surface area contributed by atoms with Gasteiger partial charge in [-0.25, -0.2) is 0 Å². The molecule has 0 radical (unpaired) electrons. The highest BCUT2D eigenvalue weighted by Gasteiger charge is 2.57. The maximum atomic E-state index is 12.5. The standard InChI is InChI=1S/C17H22N2O/c20-16(14-11-17(14)7-9-18-10-8-17)19-15-6-5-12-3-1-2-4-13(12)15/h1-4,14-15,18H,5-11H2,(H,19,20). The summed E-state index contributed by atoms with van der Waals surface area (Å²) in [6, 6.07) is 8.77. The van der Waals surface area contributed by atoms with Gasteiger partial charge in [-0.3, -0.25) is 4.79 Å². The van der Waals surface area contributed by atoms with Gasteiger partial charge in [-0.05, 0) is 61.7 Å². The molecule has 1 saturated carbocycles. The lowest BCUT2D eigenvalue weighted by molar-refractivity contribution is -0.124. The molecule has 106 valence electrons. The van der Waals surface area contributed by atoms with Crippen molar-refractivity contribution in [2.75, 3.05) is 13.1 Å². The molecular weight excluding hydrogens is 248 g/mol. The Bertz CT molecular complexity index is 534. The number of aryl methyl sites for hydroxylation is 1. The van der Waals surface area contributed by atoms with Crippen LogP contribution in [0.1, 0.15) is 42.9 Å². The minimum Gasteiger partial charge on any atom is -0.349 e. The summed E-state index contributed by atoms with van der Waals surface area (Å²) in [6.07, 6.45) is 5.61. The van der Waals surface area contributed by atoms with Crippen LogP contribution in [0.5, 0.6) is 0 Å². The zero-order valence-corrected chi connectivity index (χ0v) is 11.8. The first kappa shape index (κ1) is 12.4. The molecule has 3 aliphatic rings. The maximum absolute atomic E-state index is 12.5. The summed E-state index contributed by atoms with van der Waals surface area (Å²) in [4.78, 5) is 12.5. The van der Waals surface area contributed by atoms with Crippen LogP contribution in [-0.4, -0.2) is 19.0 Å². The number of piperidine rings is 1. The Morgan fingerprint density at radius 1 is 1.25 bits per heavy atom. The van der Waals surface area contributed by atoms with Crippen LogP contribution in [0.4, 0.5) is 0 Å². The van der Waals surface area contributed by atoms with Crippen molar-refractivity contribution < 1.29 is 4.79 Å². The lowest BCUT2D eigenvalue weighted by Crippen LogP contribution is -2.34. The molecule has 0 bridgehead atoms. The third-order valence-corrected chi connectivity index (χ3v) is 5.55. The maximum Gasteiger partial charge on any atom is 0.224 e. The van der Waals surface area contributed by atoms with Crippen molar-refractivity contribution in [1.29, 1.82) is 0 Å². The monoisotopic (exact) mass is 270 g/mol. The highest BCUT2D eigenvalue weighted by molar-refractivity contribution is 5.83. The SMILES string of the molecule is O=C(NC1CCc2ccccc21)C1CC12CCNCC2. The summed E-state index contributed by atoms with van der Waals surface area (Å²) in [5.41, 5.74) is 3.08. The number of carbonyl (C=O) groups excluding carboxylic acids is 1. The van der Waals surface area contributed by atoms with Crippen LogP contribution in [0.25, 0.3) is 0 Å². The van der Waals surface area contributed by atoms with Gasteiger partial charge in [0, 0.05) is 5.92 Å². The number of benzene rings is 1. The Morgan fingerprint density at radius 3 is 2.90 bits per heavy atom. The van der Waals surface area contributed by atoms with Gasteiger partial charge in [0.2, 0.25) is 5.91 Å². The Kier molecular flexibility index (Phi) is 2.84. The van der Waals surface area contributed by atoms with E-state index in [4.69, 9.17) is 0 Å². The normalized spacial score (nSPS) is 30.0. The molecule has 1 aliphatic heterocycles. The fraction of sp³-hybridized carbons (Fsp3) is 0.588. The van der Waals surface area contributed by atoms with Crippen molar-refractivity contribution in [1.82, 2.24) is 10.6 Å². The van der Waals surface area contributed by atoms with Crippen LogP contribution in [0, 0.1) is 11.3 Å². The number of carbonyl (C=O) groups is 1. The van der Waals surface area contributed by atoms with E-state index in [1.165, 1.54) is 24.0 Å². The van der Waals surface area contributed by atoms with E-state index in [2.05, 4.69) is 34.9 Å². The molecule has 1 saturated heterocycles. The van der Waals surface area contributed by atoms with E-state index in [1.807, 2.05) is 0 Å². The molecule has 20 heavy (non-hydrogen) atoms. The van der Waals surface area contributed by atoms with E-state index >= 15 is 0 Å². The smallest absolute Gasteiger partial charge is 0.224 e. The lowest BCUT2D eigenvalue weighted by Gasteiger charge is -2.23. The summed E-state index contributed by atoms with van der Waals surface area (Å²) in [7, 11) is 0. The van der Waals surface area contributed by atoms with Crippen molar-refractivity contribution in [3.8, 4) is 0 Å². The Morgan fingerprint density at radius 2 is 2.05 bits per heavy atom. The van der Waals surface area contributed by atoms with Crippen molar-refractivity contribution in [3.63, 3.8) is 0 Å². The summed E-state index contributed by atoms with van der Waals surface area (Å²) in [5, 5.41) is 6.70. The zero-order valence-electron chi connectivity index (χ0n) is 11.8. The highest BCUT2D eigenvalue weighted by atomic mass is 16.2. The fourth-order valence-electron chi connectivity index (χ4n) is 4.18. The van der Waals surface area contributed by atoms with E-state index in [0.717, 1.165) is 32.4 Å². The van der Waals surface area contributed by atoms with E-state index in [0.29, 0.717) is 11.3 Å². The van der Waals surface area contributed by atoms with Gasteiger partial charge < -0.3 is 10.6 Å². The second kappa shape index (κ2) is 4.59. The third-order valence-electron chi connectivity index (χ3n) is 5.55. The molecule has 1 aromatic rings. The molecule has 2 unspecified atom stereocenters. The third kappa shape index (κ3) is 1.96. The van der Waals surface area contributed by atoms with Crippen LogP contribution in [-0.2, 0) is 11.2 Å². The first-order chi connectivity index (χ1) is 9.78. The van der Waals surface area contributed by atoms with Gasteiger partial charge in [0.05, 0.1) is 6.04 Å². The van der Waals surface area contributed by atoms with E-state index in [9.17, 15) is 4.79 Å².